The minimum atomic E-state index is -5.39. The molecule has 0 saturated heterocycles. The second-order valence-electron chi connectivity index (χ2n) is 1.79. The number of hydrogen-bond acceptors (Lipinski definition) is 16. The SMILES string of the molecule is O.O=P([O-])([O-])[O-].O=P([O-])([O-])[O-].O=P([O-])([O-])[O-].O=P([O-])([O-])[O-].[Ti+4].[Ti+4].[Ti+4]. The second-order valence-corrected chi connectivity index (χ2v) is 5.37. The van der Waals surface area contributed by atoms with E-state index in [-0.39, 0.29) is 70.6 Å². The Morgan fingerprint density at radius 1 is 0.333 bits per heavy atom. The molecule has 0 spiro atoms. The summed E-state index contributed by atoms with van der Waals surface area (Å²) in [4.78, 5) is 103. The molecule has 0 aliphatic carbocycles. The van der Waals surface area contributed by atoms with Gasteiger partial charge in [0.05, 0.1) is 0 Å². The average molecular weight is 541 g/mol. The van der Waals surface area contributed by atoms with Gasteiger partial charge in [-0.2, -0.15) is 31.3 Å². The van der Waals surface area contributed by atoms with Gasteiger partial charge in [0.15, 0.2) is 0 Å². The molecule has 2 N–H and O–H groups in total. The van der Waals surface area contributed by atoms with Gasteiger partial charge in [0.1, 0.15) is 0 Å². The molecule has 0 heterocycles. The summed E-state index contributed by atoms with van der Waals surface area (Å²) in [6.45, 7) is 0. The predicted octanol–water partition coefficient (Wildman–Crippen LogP) is -12.1. The molecule has 0 aliphatic rings. The van der Waals surface area contributed by atoms with Crippen molar-refractivity contribution in [2.45, 2.75) is 0 Å². The van der Waals surface area contributed by atoms with E-state index in [9.17, 15) is 0 Å². The fraction of sp³-hybridized carbons (Fsp3) is 0. The Balaban J connectivity index is -0.0000000225. The van der Waals surface area contributed by atoms with Gasteiger partial charge in [0.25, 0.3) is 0 Å². The van der Waals surface area contributed by atoms with Gasteiger partial charge in [0.2, 0.25) is 0 Å². The molecule has 0 unspecified atom stereocenters. The topological polar surface area (TPSA) is 376 Å². The molecule has 0 aromatic rings. The molecule has 24 heavy (non-hydrogen) atoms. The predicted molar refractivity (Wildman–Crippen MR) is 34.0 cm³/mol. The molecule has 0 aromatic heterocycles. The molecule has 0 fully saturated rings. The maximum Gasteiger partial charge on any atom is 4.00 e. The summed E-state index contributed by atoms with van der Waals surface area (Å²) < 4.78 is 34.2. The van der Waals surface area contributed by atoms with Crippen LogP contribution in [0.25, 0.3) is 0 Å². The van der Waals surface area contributed by atoms with Crippen LogP contribution >= 0.6 is 31.3 Å². The van der Waals surface area contributed by atoms with Crippen LogP contribution in [-0.4, -0.2) is 5.48 Å². The summed E-state index contributed by atoms with van der Waals surface area (Å²) in [5, 5.41) is 0. The van der Waals surface area contributed by atoms with E-state index in [2.05, 4.69) is 0 Å². The molecule has 136 valence electrons. The van der Waals surface area contributed by atoms with Crippen LogP contribution in [0.5, 0.6) is 0 Å². The summed E-state index contributed by atoms with van der Waals surface area (Å²) in [6, 6.07) is 0. The smallest absolute Gasteiger partial charge is 0.822 e. The molecule has 0 saturated carbocycles. The van der Waals surface area contributed by atoms with E-state index in [1.54, 1.807) is 0 Å². The molecular formula is H2O17P4Ti3. The quantitative estimate of drug-likeness (QED) is 0.203. The van der Waals surface area contributed by atoms with E-state index < -0.39 is 31.3 Å². The zero-order valence-electron chi connectivity index (χ0n) is 10.3. The molecular weight excluding hydrogens is 539 g/mol. The molecule has 0 aliphatic heterocycles. The Morgan fingerprint density at radius 2 is 0.333 bits per heavy atom. The van der Waals surface area contributed by atoms with Gasteiger partial charge < -0.3 is 82.5 Å². The first kappa shape index (κ1) is 50.4. The van der Waals surface area contributed by atoms with Crippen LogP contribution in [0.1, 0.15) is 0 Å². The zero-order chi connectivity index (χ0) is 18.0. The van der Waals surface area contributed by atoms with E-state index >= 15 is 0 Å². The van der Waals surface area contributed by atoms with Crippen LogP contribution in [0.4, 0.5) is 0 Å². The maximum absolute atomic E-state index is 8.55. The van der Waals surface area contributed by atoms with Gasteiger partial charge >= 0.3 is 65.2 Å². The van der Waals surface area contributed by atoms with Crippen molar-refractivity contribution in [2.24, 2.45) is 0 Å². The minimum absolute atomic E-state index is 0. The van der Waals surface area contributed by atoms with E-state index in [0.717, 1.165) is 0 Å². The summed E-state index contributed by atoms with van der Waals surface area (Å²) in [5.41, 5.74) is 0. The fourth-order valence-corrected chi connectivity index (χ4v) is 0. The monoisotopic (exact) mass is 542 g/mol. The van der Waals surface area contributed by atoms with Crippen molar-refractivity contribution in [3.8, 4) is 0 Å². The zero-order valence-corrected chi connectivity index (χ0v) is 18.6. The van der Waals surface area contributed by atoms with Crippen molar-refractivity contribution >= 4 is 31.3 Å². The van der Waals surface area contributed by atoms with Gasteiger partial charge in [-0.1, -0.05) is 0 Å². The summed E-state index contributed by atoms with van der Waals surface area (Å²) in [6.07, 6.45) is 0. The molecule has 0 atom stereocenters. The third kappa shape index (κ3) is 2100. The molecule has 24 heteroatoms. The minimum Gasteiger partial charge on any atom is -0.822 e. The van der Waals surface area contributed by atoms with Crippen LogP contribution in [-0.2, 0) is 83.4 Å². The molecule has 0 bridgehead atoms. The Hall–Kier alpha value is 2.54. The summed E-state index contributed by atoms with van der Waals surface area (Å²) in [5.74, 6) is 0. The standard InChI is InChI=1S/4H3O4P.H2O.3Ti/c4*1-5(2,3)4;;;;/h4*(H3,1,2,3,4);1H2;;;/q;;;;;3*+4/p-12. The van der Waals surface area contributed by atoms with Crippen molar-refractivity contribution in [1.82, 2.24) is 0 Å². The second kappa shape index (κ2) is 21.8. The Kier molecular flexibility index (Phi) is 45.8. The molecule has 0 rings (SSSR count). The summed E-state index contributed by atoms with van der Waals surface area (Å²) >= 11 is 0. The summed E-state index contributed by atoms with van der Waals surface area (Å²) in [7, 11) is -21.6. The average Bonchev–Trinajstić information content (AvgIpc) is 1.62. The van der Waals surface area contributed by atoms with Crippen LogP contribution in [0.2, 0.25) is 0 Å². The fourth-order valence-electron chi connectivity index (χ4n) is 0. The number of phosphoric acid groups is 4. The third-order valence-electron chi connectivity index (χ3n) is 0. The van der Waals surface area contributed by atoms with Gasteiger partial charge in [-0.05, 0) is 0 Å². The Morgan fingerprint density at radius 3 is 0.333 bits per heavy atom. The van der Waals surface area contributed by atoms with E-state index in [1.807, 2.05) is 0 Å². The maximum atomic E-state index is 8.55. The third-order valence-corrected chi connectivity index (χ3v) is 0. The molecule has 0 radical (unpaired) electrons. The van der Waals surface area contributed by atoms with E-state index in [0.29, 0.717) is 0 Å². The van der Waals surface area contributed by atoms with Crippen molar-refractivity contribution in [3.05, 3.63) is 0 Å². The van der Waals surface area contributed by atoms with Gasteiger partial charge in [-0.25, -0.2) is 0 Å². The normalized spacial score (nSPS) is 9.83. The first-order valence-electron chi connectivity index (χ1n) is 2.92. The van der Waals surface area contributed by atoms with Gasteiger partial charge in [0, 0.05) is 0 Å². The van der Waals surface area contributed by atoms with Gasteiger partial charge in [-0.3, -0.25) is 0 Å². The first-order valence-corrected chi connectivity index (χ1v) is 8.76. The van der Waals surface area contributed by atoms with Crippen molar-refractivity contribution in [1.29, 1.82) is 0 Å². The Labute approximate surface area is 178 Å². The number of rotatable bonds is 0. The molecule has 0 amide bonds. The van der Waals surface area contributed by atoms with E-state index in [4.69, 9.17) is 77.0 Å². The molecule has 0 aromatic carbocycles. The first-order chi connectivity index (χ1) is 8.00. The Bertz CT molecular complexity index is 292. The van der Waals surface area contributed by atoms with Crippen LogP contribution in [0.15, 0.2) is 0 Å². The van der Waals surface area contributed by atoms with Crippen molar-refractivity contribution in [3.63, 3.8) is 0 Å². The van der Waals surface area contributed by atoms with Crippen LogP contribution in [0.3, 0.4) is 0 Å². The largest absolute Gasteiger partial charge is 4.00 e. The van der Waals surface area contributed by atoms with Crippen molar-refractivity contribution in [2.75, 3.05) is 0 Å². The van der Waals surface area contributed by atoms with Gasteiger partial charge in [-0.15, -0.1) is 0 Å². The van der Waals surface area contributed by atoms with Crippen LogP contribution < -0.4 is 58.7 Å². The number of hydrogen-bond donors (Lipinski definition) is 0. The van der Waals surface area contributed by atoms with E-state index in [1.165, 1.54) is 0 Å². The molecule has 17 nitrogen and oxygen atoms in total. The van der Waals surface area contributed by atoms with Crippen LogP contribution in [0, 0.1) is 0 Å². The van der Waals surface area contributed by atoms with Crippen molar-refractivity contribution < 1.29 is 148 Å².